The predicted octanol–water partition coefficient (Wildman–Crippen LogP) is 3.51. The second-order valence-corrected chi connectivity index (χ2v) is 3.95. The molecule has 90 valence electrons. The van der Waals surface area contributed by atoms with Gasteiger partial charge in [0.05, 0.1) is 6.33 Å². The minimum absolute atomic E-state index is 0.707. The average Bonchev–Trinajstić information content (AvgIpc) is 2.65. The SMILES string of the molecule is Cc1ccc(-n2cnc(C(F)(F)F)c2)c(C)c1. The average molecular weight is 240 g/mol. The van der Waals surface area contributed by atoms with Gasteiger partial charge >= 0.3 is 6.18 Å². The van der Waals surface area contributed by atoms with Crippen LogP contribution in [0.4, 0.5) is 13.2 Å². The Morgan fingerprint density at radius 3 is 2.41 bits per heavy atom. The smallest absolute Gasteiger partial charge is 0.305 e. The van der Waals surface area contributed by atoms with Gasteiger partial charge in [0.1, 0.15) is 0 Å². The summed E-state index contributed by atoms with van der Waals surface area (Å²) >= 11 is 0. The van der Waals surface area contributed by atoms with Gasteiger partial charge in [0.25, 0.3) is 0 Å². The van der Waals surface area contributed by atoms with Crippen molar-refractivity contribution in [3.05, 3.63) is 47.5 Å². The van der Waals surface area contributed by atoms with Crippen LogP contribution in [0.5, 0.6) is 0 Å². The summed E-state index contributed by atoms with van der Waals surface area (Å²) in [7, 11) is 0. The molecule has 0 fully saturated rings. The first-order valence-corrected chi connectivity index (χ1v) is 5.07. The van der Waals surface area contributed by atoms with Crippen molar-refractivity contribution in [1.29, 1.82) is 0 Å². The first-order valence-electron chi connectivity index (χ1n) is 5.07. The number of hydrogen-bond acceptors (Lipinski definition) is 1. The van der Waals surface area contributed by atoms with Crippen LogP contribution >= 0.6 is 0 Å². The molecular weight excluding hydrogens is 229 g/mol. The highest BCUT2D eigenvalue weighted by Crippen LogP contribution is 2.28. The van der Waals surface area contributed by atoms with Crippen molar-refractivity contribution < 1.29 is 13.2 Å². The molecule has 0 radical (unpaired) electrons. The third-order valence-corrected chi connectivity index (χ3v) is 2.50. The summed E-state index contributed by atoms with van der Waals surface area (Å²) in [4.78, 5) is 3.37. The molecule has 0 bridgehead atoms. The minimum atomic E-state index is -4.40. The number of rotatable bonds is 1. The molecule has 1 aromatic heterocycles. The number of aromatic nitrogens is 2. The maximum absolute atomic E-state index is 12.4. The third-order valence-electron chi connectivity index (χ3n) is 2.50. The van der Waals surface area contributed by atoms with Gasteiger partial charge in [-0.3, -0.25) is 0 Å². The number of aryl methyl sites for hydroxylation is 2. The third kappa shape index (κ3) is 2.33. The molecule has 0 saturated heterocycles. The molecule has 2 aromatic rings. The van der Waals surface area contributed by atoms with Crippen molar-refractivity contribution in [2.45, 2.75) is 20.0 Å². The fourth-order valence-corrected chi connectivity index (χ4v) is 1.70. The molecule has 0 aliphatic heterocycles. The Hall–Kier alpha value is -1.78. The Balaban J connectivity index is 2.44. The second kappa shape index (κ2) is 3.91. The molecule has 0 aliphatic rings. The number of imidazole rings is 1. The van der Waals surface area contributed by atoms with Crippen molar-refractivity contribution in [3.8, 4) is 5.69 Å². The van der Waals surface area contributed by atoms with E-state index in [-0.39, 0.29) is 0 Å². The molecule has 17 heavy (non-hydrogen) atoms. The maximum Gasteiger partial charge on any atom is 0.434 e. The zero-order valence-electron chi connectivity index (χ0n) is 9.42. The highest BCUT2D eigenvalue weighted by atomic mass is 19.4. The molecule has 0 atom stereocenters. The lowest BCUT2D eigenvalue weighted by atomic mass is 10.1. The Labute approximate surface area is 96.7 Å². The van der Waals surface area contributed by atoms with E-state index in [9.17, 15) is 13.2 Å². The highest BCUT2D eigenvalue weighted by molar-refractivity contribution is 5.42. The van der Waals surface area contributed by atoms with Crippen molar-refractivity contribution in [2.24, 2.45) is 0 Å². The van der Waals surface area contributed by atoms with Gasteiger partial charge in [-0.1, -0.05) is 17.7 Å². The quantitative estimate of drug-likeness (QED) is 0.745. The van der Waals surface area contributed by atoms with E-state index in [0.29, 0.717) is 5.69 Å². The summed E-state index contributed by atoms with van der Waals surface area (Å²) in [6.45, 7) is 3.79. The van der Waals surface area contributed by atoms with Gasteiger partial charge in [-0.2, -0.15) is 13.2 Å². The zero-order valence-corrected chi connectivity index (χ0v) is 9.42. The summed E-state index contributed by atoms with van der Waals surface area (Å²) in [6.07, 6.45) is -2.22. The largest absolute Gasteiger partial charge is 0.434 e. The normalized spacial score (nSPS) is 11.8. The lowest BCUT2D eigenvalue weighted by molar-refractivity contribution is -0.140. The van der Waals surface area contributed by atoms with E-state index in [0.717, 1.165) is 17.3 Å². The summed E-state index contributed by atoms with van der Waals surface area (Å²) in [5.41, 5.74) is 1.81. The first-order chi connectivity index (χ1) is 7.88. The molecule has 5 heteroatoms. The van der Waals surface area contributed by atoms with Gasteiger partial charge in [0.2, 0.25) is 0 Å². The van der Waals surface area contributed by atoms with Crippen LogP contribution in [0.2, 0.25) is 0 Å². The van der Waals surface area contributed by atoms with Crippen molar-refractivity contribution in [2.75, 3.05) is 0 Å². The van der Waals surface area contributed by atoms with E-state index < -0.39 is 11.9 Å². The van der Waals surface area contributed by atoms with E-state index >= 15 is 0 Å². The maximum atomic E-state index is 12.4. The topological polar surface area (TPSA) is 17.8 Å². The predicted molar refractivity (Wildman–Crippen MR) is 58.0 cm³/mol. The Morgan fingerprint density at radius 2 is 1.88 bits per heavy atom. The van der Waals surface area contributed by atoms with Gasteiger partial charge in [-0.25, -0.2) is 4.98 Å². The molecule has 1 aromatic carbocycles. The summed E-state index contributed by atoms with van der Waals surface area (Å²) in [5, 5.41) is 0. The van der Waals surface area contributed by atoms with E-state index in [1.54, 1.807) is 6.07 Å². The number of hydrogen-bond donors (Lipinski definition) is 0. The first kappa shape index (κ1) is 11.7. The van der Waals surface area contributed by atoms with Crippen LogP contribution in [0, 0.1) is 13.8 Å². The summed E-state index contributed by atoms with van der Waals surface area (Å²) in [5.74, 6) is 0. The molecule has 0 unspecified atom stereocenters. The molecule has 2 rings (SSSR count). The summed E-state index contributed by atoms with van der Waals surface area (Å²) < 4.78 is 38.6. The van der Waals surface area contributed by atoms with E-state index in [4.69, 9.17) is 0 Å². The van der Waals surface area contributed by atoms with Gasteiger partial charge in [0, 0.05) is 11.9 Å². The molecule has 0 aliphatic carbocycles. The van der Waals surface area contributed by atoms with Crippen LogP contribution in [0.15, 0.2) is 30.7 Å². The van der Waals surface area contributed by atoms with Crippen LogP contribution in [-0.4, -0.2) is 9.55 Å². The molecule has 1 heterocycles. The summed E-state index contributed by atoms with van der Waals surface area (Å²) in [6, 6.07) is 5.56. The molecular formula is C12H11F3N2. The number of halogens is 3. The Morgan fingerprint density at radius 1 is 1.18 bits per heavy atom. The lowest BCUT2D eigenvalue weighted by Gasteiger charge is -2.07. The van der Waals surface area contributed by atoms with Crippen molar-refractivity contribution >= 4 is 0 Å². The van der Waals surface area contributed by atoms with Gasteiger partial charge in [0.15, 0.2) is 5.69 Å². The number of alkyl halides is 3. The van der Waals surface area contributed by atoms with Gasteiger partial charge < -0.3 is 4.57 Å². The molecule has 0 saturated carbocycles. The standard InChI is InChI=1S/C12H11F3N2/c1-8-3-4-10(9(2)5-8)17-6-11(16-7-17)12(13,14)15/h3-7H,1-2H3. The van der Waals surface area contributed by atoms with Crippen LogP contribution in [0.3, 0.4) is 0 Å². The van der Waals surface area contributed by atoms with Crippen LogP contribution in [0.25, 0.3) is 5.69 Å². The number of nitrogens with zero attached hydrogens (tertiary/aromatic N) is 2. The second-order valence-electron chi connectivity index (χ2n) is 3.95. The fourth-order valence-electron chi connectivity index (χ4n) is 1.70. The molecule has 0 N–H and O–H groups in total. The minimum Gasteiger partial charge on any atom is -0.305 e. The zero-order chi connectivity index (χ0) is 12.6. The Kier molecular flexibility index (Phi) is 2.69. The van der Waals surface area contributed by atoms with E-state index in [2.05, 4.69) is 4.98 Å². The van der Waals surface area contributed by atoms with Crippen LogP contribution in [0.1, 0.15) is 16.8 Å². The van der Waals surface area contributed by atoms with Crippen LogP contribution in [-0.2, 0) is 6.18 Å². The van der Waals surface area contributed by atoms with Gasteiger partial charge in [-0.15, -0.1) is 0 Å². The molecule has 0 spiro atoms. The lowest BCUT2D eigenvalue weighted by Crippen LogP contribution is -2.05. The van der Waals surface area contributed by atoms with Crippen molar-refractivity contribution in [3.63, 3.8) is 0 Å². The van der Waals surface area contributed by atoms with Crippen molar-refractivity contribution in [1.82, 2.24) is 9.55 Å². The van der Waals surface area contributed by atoms with Crippen LogP contribution < -0.4 is 0 Å². The number of benzene rings is 1. The van der Waals surface area contributed by atoms with E-state index in [1.807, 2.05) is 26.0 Å². The van der Waals surface area contributed by atoms with E-state index in [1.165, 1.54) is 10.9 Å². The molecule has 2 nitrogen and oxygen atoms in total. The van der Waals surface area contributed by atoms with Gasteiger partial charge in [-0.05, 0) is 25.5 Å². The highest BCUT2D eigenvalue weighted by Gasteiger charge is 2.33. The molecule has 0 amide bonds. The Bertz CT molecular complexity index is 541. The fraction of sp³-hybridized carbons (Fsp3) is 0.250. The monoisotopic (exact) mass is 240 g/mol.